The third kappa shape index (κ3) is 4.83. The Morgan fingerprint density at radius 3 is 2.83 bits per heavy atom. The Kier molecular flexibility index (Phi) is 5.69. The second-order valence-electron chi connectivity index (χ2n) is 6.86. The van der Waals surface area contributed by atoms with Crippen molar-refractivity contribution in [1.82, 2.24) is 4.90 Å². The maximum Gasteiger partial charge on any atom is 0.410 e. The fraction of sp³-hybridized carbons (Fsp3) is 0.562. The van der Waals surface area contributed by atoms with Gasteiger partial charge in [-0.3, -0.25) is 10.1 Å². The average Bonchev–Trinajstić information content (AvgIpc) is 2.91. The van der Waals surface area contributed by atoms with E-state index in [-0.39, 0.29) is 17.7 Å². The van der Waals surface area contributed by atoms with E-state index in [0.29, 0.717) is 29.8 Å². The van der Waals surface area contributed by atoms with Gasteiger partial charge < -0.3 is 15.0 Å². The van der Waals surface area contributed by atoms with Gasteiger partial charge in [-0.15, -0.1) is 0 Å². The molecule has 8 heteroatoms. The summed E-state index contributed by atoms with van der Waals surface area (Å²) in [4.78, 5) is 24.5. The van der Waals surface area contributed by atoms with E-state index in [4.69, 9.17) is 4.74 Å². The second-order valence-corrected chi connectivity index (χ2v) is 7.71. The Morgan fingerprint density at radius 1 is 1.50 bits per heavy atom. The van der Waals surface area contributed by atoms with E-state index < -0.39 is 10.5 Å². The summed E-state index contributed by atoms with van der Waals surface area (Å²) in [6.07, 6.45) is 0.534. The highest BCUT2D eigenvalue weighted by Gasteiger charge is 2.30. The van der Waals surface area contributed by atoms with Gasteiger partial charge in [0.1, 0.15) is 11.3 Å². The molecule has 1 aliphatic heterocycles. The van der Waals surface area contributed by atoms with Crippen molar-refractivity contribution in [3.8, 4) is 0 Å². The number of rotatable bonds is 4. The summed E-state index contributed by atoms with van der Waals surface area (Å²) < 4.78 is 5.81. The van der Waals surface area contributed by atoms with Gasteiger partial charge in [-0.2, -0.15) is 0 Å². The van der Waals surface area contributed by atoms with Gasteiger partial charge in [-0.05, 0) is 61.2 Å². The number of nitrogens with one attached hydrogen (secondary N) is 1. The first kappa shape index (κ1) is 18.5. The van der Waals surface area contributed by atoms with Crippen molar-refractivity contribution in [2.45, 2.75) is 32.8 Å². The van der Waals surface area contributed by atoms with Crippen LogP contribution in [-0.4, -0.2) is 41.2 Å². The van der Waals surface area contributed by atoms with Crippen LogP contribution in [0.4, 0.5) is 16.2 Å². The smallest absolute Gasteiger partial charge is 0.410 e. The molecule has 0 spiro atoms. The van der Waals surface area contributed by atoms with Crippen molar-refractivity contribution in [1.29, 1.82) is 0 Å². The quantitative estimate of drug-likeness (QED) is 0.610. The van der Waals surface area contributed by atoms with Crippen molar-refractivity contribution < 1.29 is 14.5 Å². The minimum absolute atomic E-state index is 0.0273. The lowest BCUT2D eigenvalue weighted by Crippen LogP contribution is -2.35. The van der Waals surface area contributed by atoms with Crippen LogP contribution in [0.1, 0.15) is 27.2 Å². The molecule has 0 unspecified atom stereocenters. The molecule has 0 bridgehead atoms. The molecule has 7 nitrogen and oxygen atoms in total. The monoisotopic (exact) mass is 399 g/mol. The molecule has 1 aliphatic rings. The van der Waals surface area contributed by atoms with Crippen LogP contribution in [0.5, 0.6) is 0 Å². The van der Waals surface area contributed by atoms with E-state index in [2.05, 4.69) is 21.2 Å². The highest BCUT2D eigenvalue weighted by Crippen LogP contribution is 2.33. The molecule has 132 valence electrons. The number of anilines is 1. The summed E-state index contributed by atoms with van der Waals surface area (Å²) in [6.45, 7) is 7.31. The molecule has 1 saturated heterocycles. The topological polar surface area (TPSA) is 84.7 Å². The number of para-hydroxylation sites is 1. The molecule has 1 atom stereocenters. The molecule has 1 fully saturated rings. The zero-order valence-corrected chi connectivity index (χ0v) is 15.6. The Morgan fingerprint density at radius 2 is 2.21 bits per heavy atom. The predicted molar refractivity (Wildman–Crippen MR) is 95.2 cm³/mol. The predicted octanol–water partition coefficient (Wildman–Crippen LogP) is 4.03. The third-order valence-electron chi connectivity index (χ3n) is 3.69. The number of halogens is 1. The lowest BCUT2D eigenvalue weighted by Gasteiger charge is -2.24. The van der Waals surface area contributed by atoms with Crippen LogP contribution in [0.25, 0.3) is 0 Å². The zero-order chi connectivity index (χ0) is 17.9. The highest BCUT2D eigenvalue weighted by molar-refractivity contribution is 9.10. The van der Waals surface area contributed by atoms with Gasteiger partial charge in [0.15, 0.2) is 0 Å². The van der Waals surface area contributed by atoms with Crippen LogP contribution < -0.4 is 5.32 Å². The Labute approximate surface area is 149 Å². The average molecular weight is 400 g/mol. The summed E-state index contributed by atoms with van der Waals surface area (Å²) in [5.41, 5.74) is -0.00533. The Balaban J connectivity index is 1.92. The Bertz CT molecular complexity index is 630. The van der Waals surface area contributed by atoms with Crippen LogP contribution in [0, 0.1) is 16.0 Å². The summed E-state index contributed by atoms with van der Waals surface area (Å²) in [7, 11) is 0. The van der Waals surface area contributed by atoms with Gasteiger partial charge in [0.05, 0.1) is 9.40 Å². The number of benzene rings is 1. The Hall–Kier alpha value is -1.83. The van der Waals surface area contributed by atoms with Gasteiger partial charge in [-0.25, -0.2) is 4.79 Å². The molecule has 2 rings (SSSR count). The molecular formula is C16H22BrN3O4. The number of nitro benzene ring substituents is 1. The van der Waals surface area contributed by atoms with E-state index in [1.54, 1.807) is 23.1 Å². The minimum Gasteiger partial charge on any atom is -0.444 e. The maximum absolute atomic E-state index is 12.1. The fourth-order valence-corrected chi connectivity index (χ4v) is 3.10. The third-order valence-corrected chi connectivity index (χ3v) is 4.33. The van der Waals surface area contributed by atoms with Crippen molar-refractivity contribution in [3.63, 3.8) is 0 Å². The fourth-order valence-electron chi connectivity index (χ4n) is 2.59. The molecular weight excluding hydrogens is 378 g/mol. The number of hydrogen-bond acceptors (Lipinski definition) is 5. The van der Waals surface area contributed by atoms with Gasteiger partial charge >= 0.3 is 11.8 Å². The molecule has 0 radical (unpaired) electrons. The van der Waals surface area contributed by atoms with Gasteiger partial charge in [-0.1, -0.05) is 6.07 Å². The van der Waals surface area contributed by atoms with Crippen molar-refractivity contribution >= 4 is 33.4 Å². The number of hydrogen-bond donors (Lipinski definition) is 1. The molecule has 0 aliphatic carbocycles. The van der Waals surface area contributed by atoms with Crippen LogP contribution in [-0.2, 0) is 4.74 Å². The maximum atomic E-state index is 12.1. The van der Waals surface area contributed by atoms with Gasteiger partial charge in [0.2, 0.25) is 0 Å². The molecule has 0 saturated carbocycles. The van der Waals surface area contributed by atoms with Crippen LogP contribution in [0.3, 0.4) is 0 Å². The summed E-state index contributed by atoms with van der Waals surface area (Å²) in [6, 6.07) is 5.08. The molecule has 1 aromatic carbocycles. The van der Waals surface area contributed by atoms with Crippen LogP contribution in [0.2, 0.25) is 0 Å². The largest absolute Gasteiger partial charge is 0.444 e. The molecule has 1 N–H and O–H groups in total. The van der Waals surface area contributed by atoms with E-state index in [1.165, 1.54) is 0 Å². The lowest BCUT2D eigenvalue weighted by molar-refractivity contribution is -0.384. The SMILES string of the molecule is CC(C)(C)OC(=O)N1CC[C@@H](CNc2cccc(Br)c2[N+](=O)[O-])C1. The summed E-state index contributed by atoms with van der Waals surface area (Å²) in [5, 5.41) is 14.3. The molecule has 1 heterocycles. The van der Waals surface area contributed by atoms with Crippen LogP contribution in [0.15, 0.2) is 22.7 Å². The minimum atomic E-state index is -0.510. The standard InChI is InChI=1S/C16H22BrN3O4/c1-16(2,3)24-15(21)19-8-7-11(10-19)9-18-13-6-4-5-12(17)14(13)20(22)23/h4-6,11,18H,7-10H2,1-3H3/t11-/m0/s1. The van der Waals surface area contributed by atoms with Gasteiger partial charge in [0, 0.05) is 19.6 Å². The molecule has 24 heavy (non-hydrogen) atoms. The molecule has 1 aromatic rings. The highest BCUT2D eigenvalue weighted by atomic mass is 79.9. The first-order valence-corrected chi connectivity index (χ1v) is 8.61. The van der Waals surface area contributed by atoms with Crippen molar-refractivity contribution in [3.05, 3.63) is 32.8 Å². The molecule has 1 amide bonds. The van der Waals surface area contributed by atoms with Crippen molar-refractivity contribution in [2.24, 2.45) is 5.92 Å². The van der Waals surface area contributed by atoms with E-state index in [0.717, 1.165) is 6.42 Å². The number of amides is 1. The van der Waals surface area contributed by atoms with Crippen molar-refractivity contribution in [2.75, 3.05) is 25.0 Å². The second kappa shape index (κ2) is 7.38. The lowest BCUT2D eigenvalue weighted by atomic mass is 10.1. The number of carbonyl (C=O) groups excluding carboxylic acids is 1. The first-order chi connectivity index (χ1) is 11.2. The number of likely N-dealkylation sites (tertiary alicyclic amines) is 1. The number of nitro groups is 1. The first-order valence-electron chi connectivity index (χ1n) is 7.82. The number of carbonyl (C=O) groups is 1. The van der Waals surface area contributed by atoms with E-state index in [1.807, 2.05) is 20.8 Å². The normalized spacial score (nSPS) is 17.7. The van der Waals surface area contributed by atoms with Gasteiger partial charge in [0.25, 0.3) is 0 Å². The molecule has 0 aromatic heterocycles. The van der Waals surface area contributed by atoms with E-state index in [9.17, 15) is 14.9 Å². The van der Waals surface area contributed by atoms with E-state index >= 15 is 0 Å². The summed E-state index contributed by atoms with van der Waals surface area (Å²) in [5.74, 6) is 0.233. The zero-order valence-electron chi connectivity index (χ0n) is 14.0. The summed E-state index contributed by atoms with van der Waals surface area (Å²) >= 11 is 3.21. The number of ether oxygens (including phenoxy) is 1. The van der Waals surface area contributed by atoms with Crippen LogP contribution >= 0.6 is 15.9 Å². The number of nitrogens with zero attached hydrogens (tertiary/aromatic N) is 2.